The van der Waals surface area contributed by atoms with Crippen molar-refractivity contribution in [2.24, 2.45) is 5.73 Å². The largest absolute Gasteiger partial charge is 0.388 e. The van der Waals surface area contributed by atoms with Crippen LogP contribution in [0.4, 0.5) is 10.1 Å². The normalized spacial score (nSPS) is 29.3. The molecular weight excluding hydrogens is 207 g/mol. The summed E-state index contributed by atoms with van der Waals surface area (Å²) in [5.41, 5.74) is 5.38. The molecule has 2 rings (SSSR count). The minimum atomic E-state index is -0.790. The number of nitrogens with two attached hydrogens (primary N) is 1. The molecule has 0 saturated heterocycles. The van der Waals surface area contributed by atoms with E-state index in [9.17, 15) is 9.50 Å². The Bertz CT molecular complexity index is 372. The first-order valence-electron chi connectivity index (χ1n) is 5.55. The van der Waals surface area contributed by atoms with Gasteiger partial charge in [0.1, 0.15) is 5.82 Å². The summed E-state index contributed by atoms with van der Waals surface area (Å²) in [6, 6.07) is 6.52. The molecule has 0 amide bonds. The number of aliphatic hydroxyl groups is 1. The first kappa shape index (κ1) is 11.4. The molecule has 4 N–H and O–H groups in total. The molecule has 2 atom stereocenters. The molecule has 16 heavy (non-hydrogen) atoms. The fourth-order valence-electron chi connectivity index (χ4n) is 2.17. The van der Waals surface area contributed by atoms with Crippen LogP contribution in [-0.2, 0) is 0 Å². The van der Waals surface area contributed by atoms with Crippen LogP contribution >= 0.6 is 0 Å². The standard InChI is InChI=1S/C12H17FN2O/c13-10-3-1-2-4-11(10)15-8-12(16)6-5-9(14)7-12/h1-4,9,15-16H,5-8,14H2. The van der Waals surface area contributed by atoms with Gasteiger partial charge in [0, 0.05) is 12.6 Å². The molecule has 1 saturated carbocycles. The van der Waals surface area contributed by atoms with Gasteiger partial charge in [-0.3, -0.25) is 0 Å². The van der Waals surface area contributed by atoms with Crippen LogP contribution in [0.1, 0.15) is 19.3 Å². The van der Waals surface area contributed by atoms with E-state index in [0.717, 1.165) is 6.42 Å². The molecule has 0 bridgehead atoms. The van der Waals surface area contributed by atoms with E-state index in [1.807, 2.05) is 0 Å². The van der Waals surface area contributed by atoms with Crippen LogP contribution in [0.5, 0.6) is 0 Å². The highest BCUT2D eigenvalue weighted by Gasteiger charge is 2.35. The lowest BCUT2D eigenvalue weighted by Gasteiger charge is -2.23. The molecule has 2 unspecified atom stereocenters. The van der Waals surface area contributed by atoms with E-state index in [-0.39, 0.29) is 11.9 Å². The van der Waals surface area contributed by atoms with Crippen molar-refractivity contribution in [3.05, 3.63) is 30.1 Å². The quantitative estimate of drug-likeness (QED) is 0.729. The first-order chi connectivity index (χ1) is 7.59. The van der Waals surface area contributed by atoms with Crippen molar-refractivity contribution in [1.82, 2.24) is 0 Å². The summed E-state index contributed by atoms with van der Waals surface area (Å²) in [4.78, 5) is 0. The van der Waals surface area contributed by atoms with Gasteiger partial charge in [-0.2, -0.15) is 0 Å². The third kappa shape index (κ3) is 2.51. The van der Waals surface area contributed by atoms with E-state index < -0.39 is 5.60 Å². The fourth-order valence-corrected chi connectivity index (χ4v) is 2.17. The summed E-state index contributed by atoms with van der Waals surface area (Å²) in [7, 11) is 0. The smallest absolute Gasteiger partial charge is 0.146 e. The lowest BCUT2D eigenvalue weighted by molar-refractivity contribution is 0.0600. The summed E-state index contributed by atoms with van der Waals surface area (Å²) < 4.78 is 13.3. The van der Waals surface area contributed by atoms with Gasteiger partial charge in [-0.15, -0.1) is 0 Å². The SMILES string of the molecule is NC1CCC(O)(CNc2ccccc2F)C1. The summed E-state index contributed by atoms with van der Waals surface area (Å²) >= 11 is 0. The third-order valence-corrected chi connectivity index (χ3v) is 3.10. The molecule has 0 aliphatic heterocycles. The van der Waals surface area contributed by atoms with Crippen molar-refractivity contribution in [3.8, 4) is 0 Å². The maximum Gasteiger partial charge on any atom is 0.146 e. The monoisotopic (exact) mass is 224 g/mol. The number of benzene rings is 1. The van der Waals surface area contributed by atoms with Gasteiger partial charge in [0.05, 0.1) is 11.3 Å². The topological polar surface area (TPSA) is 58.3 Å². The van der Waals surface area contributed by atoms with Crippen LogP contribution in [-0.4, -0.2) is 23.3 Å². The number of hydrogen-bond donors (Lipinski definition) is 3. The van der Waals surface area contributed by atoms with Gasteiger partial charge < -0.3 is 16.2 Å². The van der Waals surface area contributed by atoms with Crippen molar-refractivity contribution in [2.75, 3.05) is 11.9 Å². The number of rotatable bonds is 3. The van der Waals surface area contributed by atoms with Gasteiger partial charge >= 0.3 is 0 Å². The van der Waals surface area contributed by atoms with Crippen LogP contribution in [0.3, 0.4) is 0 Å². The molecule has 0 heterocycles. The highest BCUT2D eigenvalue weighted by atomic mass is 19.1. The molecule has 0 aromatic heterocycles. The van der Waals surface area contributed by atoms with Gasteiger partial charge in [-0.25, -0.2) is 4.39 Å². The molecule has 88 valence electrons. The Morgan fingerprint density at radius 2 is 2.25 bits per heavy atom. The van der Waals surface area contributed by atoms with Gasteiger partial charge in [-0.05, 0) is 31.4 Å². The average Bonchev–Trinajstić information content (AvgIpc) is 2.58. The molecule has 1 aliphatic carbocycles. The van der Waals surface area contributed by atoms with Gasteiger partial charge in [0.25, 0.3) is 0 Å². The van der Waals surface area contributed by atoms with Crippen molar-refractivity contribution in [2.45, 2.75) is 30.9 Å². The third-order valence-electron chi connectivity index (χ3n) is 3.10. The van der Waals surface area contributed by atoms with Crippen molar-refractivity contribution < 1.29 is 9.50 Å². The average molecular weight is 224 g/mol. The highest BCUT2D eigenvalue weighted by Crippen LogP contribution is 2.29. The zero-order valence-corrected chi connectivity index (χ0v) is 9.12. The Hall–Kier alpha value is -1.13. The van der Waals surface area contributed by atoms with E-state index in [2.05, 4.69) is 5.32 Å². The van der Waals surface area contributed by atoms with Crippen LogP contribution < -0.4 is 11.1 Å². The lowest BCUT2D eigenvalue weighted by atomic mass is 10.0. The Balaban J connectivity index is 1.95. The second kappa shape index (κ2) is 4.39. The maximum atomic E-state index is 13.3. The Morgan fingerprint density at radius 1 is 1.50 bits per heavy atom. The Morgan fingerprint density at radius 3 is 2.88 bits per heavy atom. The molecule has 0 spiro atoms. The van der Waals surface area contributed by atoms with E-state index in [1.54, 1.807) is 18.2 Å². The maximum absolute atomic E-state index is 13.3. The van der Waals surface area contributed by atoms with Crippen molar-refractivity contribution in [3.63, 3.8) is 0 Å². The van der Waals surface area contributed by atoms with Gasteiger partial charge in [-0.1, -0.05) is 12.1 Å². The second-order valence-electron chi connectivity index (χ2n) is 4.56. The first-order valence-corrected chi connectivity index (χ1v) is 5.55. The summed E-state index contributed by atoms with van der Waals surface area (Å²) in [5, 5.41) is 13.1. The van der Waals surface area contributed by atoms with Crippen LogP contribution in [0.25, 0.3) is 0 Å². The van der Waals surface area contributed by atoms with Gasteiger partial charge in [0.15, 0.2) is 0 Å². The lowest BCUT2D eigenvalue weighted by Crippen LogP contribution is -2.35. The van der Waals surface area contributed by atoms with E-state index in [4.69, 9.17) is 5.73 Å². The van der Waals surface area contributed by atoms with Crippen LogP contribution in [0, 0.1) is 5.82 Å². The molecular formula is C12H17FN2O. The van der Waals surface area contributed by atoms with Crippen LogP contribution in [0.15, 0.2) is 24.3 Å². The molecule has 3 nitrogen and oxygen atoms in total. The predicted octanol–water partition coefficient (Wildman–Crippen LogP) is 1.48. The van der Waals surface area contributed by atoms with Gasteiger partial charge in [0.2, 0.25) is 0 Å². The molecule has 1 aromatic carbocycles. The number of para-hydroxylation sites is 1. The molecule has 1 fully saturated rings. The van der Waals surface area contributed by atoms with E-state index in [0.29, 0.717) is 25.1 Å². The molecule has 1 aliphatic rings. The van der Waals surface area contributed by atoms with Crippen molar-refractivity contribution >= 4 is 5.69 Å². The fraction of sp³-hybridized carbons (Fsp3) is 0.500. The van der Waals surface area contributed by atoms with E-state index >= 15 is 0 Å². The number of halogens is 1. The summed E-state index contributed by atoms with van der Waals surface area (Å²) in [6.07, 6.45) is 2.08. The number of nitrogens with one attached hydrogen (secondary N) is 1. The highest BCUT2D eigenvalue weighted by molar-refractivity contribution is 5.44. The molecule has 4 heteroatoms. The summed E-state index contributed by atoms with van der Waals surface area (Å²) in [5.74, 6) is -0.298. The minimum absolute atomic E-state index is 0.0624. The Labute approximate surface area is 94.5 Å². The zero-order valence-electron chi connectivity index (χ0n) is 9.12. The second-order valence-corrected chi connectivity index (χ2v) is 4.56. The minimum Gasteiger partial charge on any atom is -0.388 e. The Kier molecular flexibility index (Phi) is 3.12. The number of anilines is 1. The van der Waals surface area contributed by atoms with Crippen LogP contribution in [0.2, 0.25) is 0 Å². The molecule has 1 aromatic rings. The van der Waals surface area contributed by atoms with Crippen molar-refractivity contribution in [1.29, 1.82) is 0 Å². The molecule has 0 radical (unpaired) electrons. The summed E-state index contributed by atoms with van der Waals surface area (Å²) in [6.45, 7) is 0.349. The zero-order chi connectivity index (χ0) is 11.6. The number of hydrogen-bond acceptors (Lipinski definition) is 3. The van der Waals surface area contributed by atoms with E-state index in [1.165, 1.54) is 6.07 Å². The predicted molar refractivity (Wildman–Crippen MR) is 61.7 cm³/mol.